The Morgan fingerprint density at radius 2 is 1.60 bits per heavy atom. The van der Waals surface area contributed by atoms with Gasteiger partial charge in [0.1, 0.15) is 5.75 Å². The zero-order valence-corrected chi connectivity index (χ0v) is 11.5. The number of aromatic hydroxyl groups is 1. The molecule has 0 saturated carbocycles. The van der Waals surface area contributed by atoms with Gasteiger partial charge in [0.25, 0.3) is 5.91 Å². The molecule has 0 bridgehead atoms. The second kappa shape index (κ2) is 6.56. The molecular weight excluding hydrogens is 256 g/mol. The smallest absolute Gasteiger partial charge is 0.252 e. The van der Waals surface area contributed by atoms with Crippen molar-refractivity contribution in [3.63, 3.8) is 0 Å². The fraction of sp³-hybridized carbons (Fsp3) is 0.200. The van der Waals surface area contributed by atoms with Gasteiger partial charge in [0, 0.05) is 5.56 Å². The Hall–Kier alpha value is -2.56. The Morgan fingerprint density at radius 3 is 2.10 bits per heavy atom. The number of amides is 2. The summed E-state index contributed by atoms with van der Waals surface area (Å²) in [5.74, 6) is -1.47. The van der Waals surface area contributed by atoms with Crippen LogP contribution in [0.3, 0.4) is 0 Å². The van der Waals surface area contributed by atoms with Crippen molar-refractivity contribution in [2.75, 3.05) is 0 Å². The van der Waals surface area contributed by atoms with E-state index < -0.39 is 11.8 Å². The molecule has 106 valence electrons. The molecule has 2 aromatic rings. The molecule has 0 fully saturated rings. The first-order valence-corrected chi connectivity index (χ1v) is 6.27. The minimum atomic E-state index is -0.728. The molecule has 0 unspecified atom stereocenters. The van der Waals surface area contributed by atoms with Gasteiger partial charge >= 0.3 is 0 Å². The highest BCUT2D eigenvalue weighted by Gasteiger charge is 2.10. The lowest BCUT2D eigenvalue weighted by molar-refractivity contribution is 0.0991. The number of nitrogens with two attached hydrogens (primary N) is 2. The maximum atomic E-state index is 11.1. The fourth-order valence-electron chi connectivity index (χ4n) is 1.64. The lowest BCUT2D eigenvalue weighted by Gasteiger charge is -2.05. The summed E-state index contributed by atoms with van der Waals surface area (Å²) in [5, 5.41) is 10.9. The molecule has 20 heavy (non-hydrogen) atoms. The van der Waals surface area contributed by atoms with Crippen LogP contribution >= 0.6 is 0 Å². The van der Waals surface area contributed by atoms with Crippen molar-refractivity contribution in [3.05, 3.63) is 41.5 Å². The van der Waals surface area contributed by atoms with Crippen molar-refractivity contribution < 1.29 is 14.7 Å². The molecule has 5 N–H and O–H groups in total. The van der Waals surface area contributed by atoms with Gasteiger partial charge in [0.05, 0.1) is 5.56 Å². The standard InChI is InChI=1S/C12H10N2O3.C3H8/c13-11(16)7-2-1-6-5-10(15)9(12(14)17)4-8(6)3-7;1-3-2/h1-5,15H,(H2,13,16)(H2,14,17);3H2,1-2H3. The summed E-state index contributed by atoms with van der Waals surface area (Å²) >= 11 is 0. The molecule has 2 aromatic carbocycles. The van der Waals surface area contributed by atoms with Gasteiger partial charge in [-0.15, -0.1) is 0 Å². The van der Waals surface area contributed by atoms with Gasteiger partial charge in [-0.05, 0) is 35.0 Å². The molecule has 2 amide bonds. The van der Waals surface area contributed by atoms with Crippen molar-refractivity contribution in [2.24, 2.45) is 11.5 Å². The maximum Gasteiger partial charge on any atom is 0.252 e. The third-order valence-corrected chi connectivity index (χ3v) is 2.50. The predicted octanol–water partition coefficient (Wildman–Crippen LogP) is 2.16. The third-order valence-electron chi connectivity index (χ3n) is 2.50. The Bertz CT molecular complexity index is 651. The lowest BCUT2D eigenvalue weighted by atomic mass is 10.0. The van der Waals surface area contributed by atoms with Crippen LogP contribution in [0.25, 0.3) is 10.8 Å². The summed E-state index contributed by atoms with van der Waals surface area (Å²) in [4.78, 5) is 22.1. The van der Waals surface area contributed by atoms with E-state index in [-0.39, 0.29) is 11.3 Å². The summed E-state index contributed by atoms with van der Waals surface area (Å²) in [6.45, 7) is 4.25. The number of fused-ring (bicyclic) bond motifs is 1. The van der Waals surface area contributed by atoms with E-state index in [1.165, 1.54) is 18.6 Å². The first-order chi connectivity index (χ1) is 9.40. The number of benzene rings is 2. The first kappa shape index (κ1) is 15.5. The second-order valence-electron chi connectivity index (χ2n) is 4.37. The molecule has 0 aliphatic carbocycles. The Labute approximate surface area is 117 Å². The van der Waals surface area contributed by atoms with E-state index in [0.717, 1.165) is 0 Å². The number of carbonyl (C=O) groups is 2. The van der Waals surface area contributed by atoms with Crippen LogP contribution in [0.1, 0.15) is 41.0 Å². The quantitative estimate of drug-likeness (QED) is 0.781. The number of rotatable bonds is 2. The fourth-order valence-corrected chi connectivity index (χ4v) is 1.64. The minimum Gasteiger partial charge on any atom is -0.507 e. The van der Waals surface area contributed by atoms with Crippen LogP contribution in [-0.2, 0) is 0 Å². The summed E-state index contributed by atoms with van der Waals surface area (Å²) in [6, 6.07) is 7.58. The van der Waals surface area contributed by atoms with E-state index >= 15 is 0 Å². The Balaban J connectivity index is 0.000000612. The van der Waals surface area contributed by atoms with Crippen molar-refractivity contribution in [3.8, 4) is 5.75 Å². The topological polar surface area (TPSA) is 106 Å². The van der Waals surface area contributed by atoms with Crippen LogP contribution in [0.5, 0.6) is 5.75 Å². The molecule has 0 aromatic heterocycles. The molecule has 0 saturated heterocycles. The van der Waals surface area contributed by atoms with E-state index in [9.17, 15) is 14.7 Å². The first-order valence-electron chi connectivity index (χ1n) is 6.27. The van der Waals surface area contributed by atoms with Gasteiger partial charge in [0.2, 0.25) is 5.91 Å². The van der Waals surface area contributed by atoms with Gasteiger partial charge in [-0.25, -0.2) is 0 Å². The van der Waals surface area contributed by atoms with Crippen LogP contribution in [0.15, 0.2) is 30.3 Å². The SMILES string of the molecule is CCC.NC(=O)c1ccc2cc(O)c(C(N)=O)cc2c1. The summed E-state index contributed by atoms with van der Waals surface area (Å²) < 4.78 is 0. The second-order valence-corrected chi connectivity index (χ2v) is 4.37. The average Bonchev–Trinajstić information content (AvgIpc) is 2.37. The van der Waals surface area contributed by atoms with E-state index in [4.69, 9.17) is 11.5 Å². The zero-order valence-electron chi connectivity index (χ0n) is 11.5. The van der Waals surface area contributed by atoms with E-state index in [1.54, 1.807) is 18.2 Å². The predicted molar refractivity (Wildman–Crippen MR) is 78.6 cm³/mol. The molecule has 2 rings (SSSR count). The number of hydrogen-bond donors (Lipinski definition) is 3. The average molecular weight is 274 g/mol. The molecule has 0 heterocycles. The third kappa shape index (κ3) is 3.47. The molecule has 5 nitrogen and oxygen atoms in total. The Morgan fingerprint density at radius 1 is 1.00 bits per heavy atom. The van der Waals surface area contributed by atoms with E-state index in [0.29, 0.717) is 16.3 Å². The Kier molecular flexibility index (Phi) is 5.08. The molecule has 0 aliphatic rings. The van der Waals surface area contributed by atoms with Gasteiger partial charge in [-0.1, -0.05) is 26.3 Å². The van der Waals surface area contributed by atoms with Crippen molar-refractivity contribution in [1.82, 2.24) is 0 Å². The van der Waals surface area contributed by atoms with Gasteiger partial charge in [-0.3, -0.25) is 9.59 Å². The van der Waals surface area contributed by atoms with Gasteiger partial charge < -0.3 is 16.6 Å². The normalized spacial score (nSPS) is 9.70. The molecule has 0 atom stereocenters. The van der Waals surface area contributed by atoms with E-state index in [1.807, 2.05) is 0 Å². The number of primary amides is 2. The lowest BCUT2D eigenvalue weighted by Crippen LogP contribution is -2.12. The van der Waals surface area contributed by atoms with Crippen LogP contribution in [0.4, 0.5) is 0 Å². The van der Waals surface area contributed by atoms with Crippen molar-refractivity contribution in [2.45, 2.75) is 20.3 Å². The van der Waals surface area contributed by atoms with Crippen LogP contribution < -0.4 is 11.5 Å². The molecular formula is C15H18N2O3. The van der Waals surface area contributed by atoms with Gasteiger partial charge in [-0.2, -0.15) is 0 Å². The number of hydrogen-bond acceptors (Lipinski definition) is 3. The van der Waals surface area contributed by atoms with Crippen LogP contribution in [0, 0.1) is 0 Å². The molecule has 0 radical (unpaired) electrons. The maximum absolute atomic E-state index is 11.1. The van der Waals surface area contributed by atoms with Crippen LogP contribution in [-0.4, -0.2) is 16.9 Å². The zero-order chi connectivity index (χ0) is 15.3. The largest absolute Gasteiger partial charge is 0.507 e. The number of carbonyl (C=O) groups excluding carboxylic acids is 2. The summed E-state index contributed by atoms with van der Waals surface area (Å²) in [5.41, 5.74) is 10.6. The highest BCUT2D eigenvalue weighted by atomic mass is 16.3. The van der Waals surface area contributed by atoms with Crippen LogP contribution in [0.2, 0.25) is 0 Å². The van der Waals surface area contributed by atoms with Gasteiger partial charge in [0.15, 0.2) is 0 Å². The molecule has 0 spiro atoms. The van der Waals surface area contributed by atoms with E-state index in [2.05, 4.69) is 13.8 Å². The molecule has 5 heteroatoms. The monoisotopic (exact) mass is 274 g/mol. The summed E-state index contributed by atoms with van der Waals surface area (Å²) in [6.07, 6.45) is 1.25. The van der Waals surface area contributed by atoms with Crippen molar-refractivity contribution in [1.29, 1.82) is 0 Å². The molecule has 0 aliphatic heterocycles. The van der Waals surface area contributed by atoms with Crippen molar-refractivity contribution >= 4 is 22.6 Å². The summed E-state index contributed by atoms with van der Waals surface area (Å²) in [7, 11) is 0. The minimum absolute atomic E-state index is 0.0131. The highest BCUT2D eigenvalue weighted by molar-refractivity contribution is 6.03. The number of phenols is 1. The highest BCUT2D eigenvalue weighted by Crippen LogP contribution is 2.25.